The van der Waals surface area contributed by atoms with Crippen molar-refractivity contribution in [3.8, 4) is 5.75 Å². The Morgan fingerprint density at radius 1 is 1.16 bits per heavy atom. The smallest absolute Gasteiger partial charge is 0.130 e. The zero-order valence-corrected chi connectivity index (χ0v) is 11.3. The van der Waals surface area contributed by atoms with Crippen molar-refractivity contribution in [2.75, 3.05) is 12.4 Å². The van der Waals surface area contributed by atoms with Crippen LogP contribution in [0.4, 0.5) is 5.00 Å². The predicted molar refractivity (Wildman–Crippen MR) is 77.7 cm³/mol. The van der Waals surface area contributed by atoms with Gasteiger partial charge in [0, 0.05) is 23.5 Å². The van der Waals surface area contributed by atoms with E-state index in [0.717, 1.165) is 22.7 Å². The van der Waals surface area contributed by atoms with Gasteiger partial charge >= 0.3 is 0 Å². The van der Waals surface area contributed by atoms with Crippen LogP contribution in [0.15, 0.2) is 42.6 Å². The molecule has 4 nitrogen and oxygen atoms in total. The summed E-state index contributed by atoms with van der Waals surface area (Å²) in [6.45, 7) is 0.744. The highest BCUT2D eigenvalue weighted by Gasteiger charge is 2.06. The van der Waals surface area contributed by atoms with Gasteiger partial charge in [0.1, 0.15) is 10.8 Å². The van der Waals surface area contributed by atoms with E-state index in [4.69, 9.17) is 4.74 Å². The molecule has 5 heteroatoms. The van der Waals surface area contributed by atoms with E-state index in [0.29, 0.717) is 0 Å². The lowest BCUT2D eigenvalue weighted by Gasteiger charge is -2.10. The Balaban J connectivity index is 1.95. The molecule has 0 amide bonds. The molecule has 0 aliphatic rings. The van der Waals surface area contributed by atoms with E-state index in [1.165, 1.54) is 22.5 Å². The average Bonchev–Trinajstić information content (AvgIpc) is 2.98. The molecule has 0 spiro atoms. The van der Waals surface area contributed by atoms with Gasteiger partial charge in [0.2, 0.25) is 0 Å². The molecule has 0 aliphatic carbocycles. The van der Waals surface area contributed by atoms with Crippen LogP contribution in [0.1, 0.15) is 5.56 Å². The fraction of sp³-hybridized carbons (Fsp3) is 0.143. The van der Waals surface area contributed by atoms with Gasteiger partial charge in [-0.3, -0.25) is 0 Å². The summed E-state index contributed by atoms with van der Waals surface area (Å²) < 4.78 is 9.23. The lowest BCUT2D eigenvalue weighted by atomic mass is 10.0. The highest BCUT2D eigenvalue weighted by molar-refractivity contribution is 7.09. The summed E-state index contributed by atoms with van der Waals surface area (Å²) in [5, 5.41) is 10.4. The van der Waals surface area contributed by atoms with E-state index in [9.17, 15) is 0 Å². The molecule has 3 aromatic rings. The number of rotatable bonds is 4. The van der Waals surface area contributed by atoms with Gasteiger partial charge in [0.05, 0.1) is 13.3 Å². The molecule has 0 bridgehead atoms. The molecule has 0 saturated carbocycles. The molecule has 0 atom stereocenters. The summed E-state index contributed by atoms with van der Waals surface area (Å²) >= 11 is 1.36. The van der Waals surface area contributed by atoms with Gasteiger partial charge in [-0.05, 0) is 17.0 Å². The van der Waals surface area contributed by atoms with E-state index >= 15 is 0 Å². The van der Waals surface area contributed by atoms with Crippen molar-refractivity contribution in [3.63, 3.8) is 0 Å². The summed E-state index contributed by atoms with van der Waals surface area (Å²) in [4.78, 5) is 0. The maximum absolute atomic E-state index is 5.39. The molecule has 3 rings (SSSR count). The minimum absolute atomic E-state index is 0.744. The van der Waals surface area contributed by atoms with Crippen molar-refractivity contribution in [1.29, 1.82) is 0 Å². The Hall–Kier alpha value is -2.14. The SMILES string of the molecule is COc1ccc(CNc2cnns2)c2ccccc12. The Morgan fingerprint density at radius 2 is 2.00 bits per heavy atom. The first-order chi connectivity index (χ1) is 9.38. The molecule has 1 aromatic heterocycles. The number of benzene rings is 2. The number of nitrogens with one attached hydrogen (secondary N) is 1. The van der Waals surface area contributed by atoms with Gasteiger partial charge in [-0.1, -0.05) is 34.8 Å². The van der Waals surface area contributed by atoms with Crippen LogP contribution >= 0.6 is 11.5 Å². The Labute approximate surface area is 115 Å². The van der Waals surface area contributed by atoms with E-state index in [2.05, 4.69) is 33.1 Å². The highest BCUT2D eigenvalue weighted by atomic mass is 32.1. The number of hydrogen-bond donors (Lipinski definition) is 1. The van der Waals surface area contributed by atoms with Gasteiger partial charge in [-0.25, -0.2) is 0 Å². The Bertz CT molecular complexity index is 682. The first-order valence-corrected chi connectivity index (χ1v) is 6.71. The van der Waals surface area contributed by atoms with Crippen LogP contribution in [0.25, 0.3) is 10.8 Å². The van der Waals surface area contributed by atoms with Gasteiger partial charge < -0.3 is 10.1 Å². The molecule has 96 valence electrons. The van der Waals surface area contributed by atoms with Crippen LogP contribution in [-0.2, 0) is 6.54 Å². The van der Waals surface area contributed by atoms with Crippen LogP contribution in [0, 0.1) is 0 Å². The molecule has 0 unspecified atom stereocenters. The molecular formula is C14H13N3OS. The molecule has 1 heterocycles. The lowest BCUT2D eigenvalue weighted by molar-refractivity contribution is 0.419. The second kappa shape index (κ2) is 5.24. The fourth-order valence-corrected chi connectivity index (χ4v) is 2.51. The van der Waals surface area contributed by atoms with Crippen molar-refractivity contribution < 1.29 is 4.74 Å². The Kier molecular flexibility index (Phi) is 3.29. The number of fused-ring (bicyclic) bond motifs is 1. The fourth-order valence-electron chi connectivity index (χ4n) is 2.09. The van der Waals surface area contributed by atoms with Gasteiger partial charge in [0.25, 0.3) is 0 Å². The van der Waals surface area contributed by atoms with Crippen molar-refractivity contribution in [3.05, 3.63) is 48.2 Å². The van der Waals surface area contributed by atoms with E-state index in [-0.39, 0.29) is 0 Å². The first kappa shape index (κ1) is 11.9. The first-order valence-electron chi connectivity index (χ1n) is 5.94. The number of methoxy groups -OCH3 is 1. The second-order valence-electron chi connectivity index (χ2n) is 4.11. The number of ether oxygens (including phenoxy) is 1. The predicted octanol–water partition coefficient (Wildman–Crippen LogP) is 3.31. The minimum atomic E-state index is 0.744. The molecule has 2 aromatic carbocycles. The summed E-state index contributed by atoms with van der Waals surface area (Å²) in [5.74, 6) is 0.902. The maximum Gasteiger partial charge on any atom is 0.130 e. The van der Waals surface area contributed by atoms with E-state index < -0.39 is 0 Å². The van der Waals surface area contributed by atoms with Crippen LogP contribution in [0.3, 0.4) is 0 Å². The average molecular weight is 271 g/mol. The van der Waals surface area contributed by atoms with Gasteiger partial charge in [-0.2, -0.15) is 0 Å². The lowest BCUT2D eigenvalue weighted by Crippen LogP contribution is -1.99. The summed E-state index contributed by atoms with van der Waals surface area (Å²) in [5.41, 5.74) is 1.23. The van der Waals surface area contributed by atoms with Crippen LogP contribution in [-0.4, -0.2) is 16.7 Å². The number of nitrogens with zero attached hydrogens (tertiary/aromatic N) is 2. The largest absolute Gasteiger partial charge is 0.496 e. The molecule has 0 aliphatic heterocycles. The zero-order valence-electron chi connectivity index (χ0n) is 10.5. The zero-order chi connectivity index (χ0) is 13.1. The van der Waals surface area contributed by atoms with Crippen LogP contribution < -0.4 is 10.1 Å². The third-order valence-corrected chi connectivity index (χ3v) is 3.63. The molecule has 1 N–H and O–H groups in total. The third-order valence-electron chi connectivity index (χ3n) is 3.01. The summed E-state index contributed by atoms with van der Waals surface area (Å²) in [6, 6.07) is 12.3. The second-order valence-corrected chi connectivity index (χ2v) is 4.89. The molecule has 0 fully saturated rings. The topological polar surface area (TPSA) is 47.0 Å². The van der Waals surface area contributed by atoms with Crippen molar-refractivity contribution in [1.82, 2.24) is 9.59 Å². The third kappa shape index (κ3) is 2.37. The molecular weight excluding hydrogens is 258 g/mol. The van der Waals surface area contributed by atoms with Crippen LogP contribution in [0.5, 0.6) is 5.75 Å². The quantitative estimate of drug-likeness (QED) is 0.790. The summed E-state index contributed by atoms with van der Waals surface area (Å²) in [7, 11) is 1.70. The Morgan fingerprint density at radius 3 is 2.74 bits per heavy atom. The standard InChI is InChI=1S/C14H13N3OS/c1-18-13-7-6-10(8-15-14-9-16-17-19-14)11-4-2-3-5-12(11)13/h2-7,9,15H,8H2,1H3. The van der Waals surface area contributed by atoms with Crippen molar-refractivity contribution in [2.24, 2.45) is 0 Å². The number of aromatic nitrogens is 2. The summed E-state index contributed by atoms with van der Waals surface area (Å²) in [6.07, 6.45) is 1.73. The van der Waals surface area contributed by atoms with Crippen LogP contribution in [0.2, 0.25) is 0 Å². The van der Waals surface area contributed by atoms with Crippen molar-refractivity contribution in [2.45, 2.75) is 6.54 Å². The minimum Gasteiger partial charge on any atom is -0.496 e. The molecule has 19 heavy (non-hydrogen) atoms. The van der Waals surface area contributed by atoms with E-state index in [1.807, 2.05) is 18.2 Å². The van der Waals surface area contributed by atoms with Gasteiger partial charge in [0.15, 0.2) is 0 Å². The molecule has 0 saturated heterocycles. The van der Waals surface area contributed by atoms with Gasteiger partial charge in [-0.15, -0.1) is 5.10 Å². The van der Waals surface area contributed by atoms with Crippen molar-refractivity contribution >= 4 is 27.3 Å². The maximum atomic E-state index is 5.39. The normalized spacial score (nSPS) is 10.6. The highest BCUT2D eigenvalue weighted by Crippen LogP contribution is 2.28. The number of hydrogen-bond acceptors (Lipinski definition) is 5. The number of anilines is 1. The molecule has 0 radical (unpaired) electrons. The monoisotopic (exact) mass is 271 g/mol. The van der Waals surface area contributed by atoms with E-state index in [1.54, 1.807) is 13.3 Å².